The van der Waals surface area contributed by atoms with Crippen molar-refractivity contribution >= 4 is 11.8 Å². The highest BCUT2D eigenvalue weighted by Crippen LogP contribution is 2.08. The van der Waals surface area contributed by atoms with Crippen LogP contribution < -0.4 is 5.73 Å². The highest BCUT2D eigenvalue weighted by Gasteiger charge is 2.32. The van der Waals surface area contributed by atoms with E-state index in [9.17, 15) is 19.8 Å². The maximum Gasteiger partial charge on any atom is 0.254 e. The second-order valence-corrected chi connectivity index (χ2v) is 5.32. The number of amides is 2. The molecule has 4 N–H and O–H groups in total. The minimum atomic E-state index is -1.86. The monoisotopic (exact) mass is 260 g/mol. The summed E-state index contributed by atoms with van der Waals surface area (Å²) in [5.74, 6) is -1.31. The highest BCUT2D eigenvalue weighted by atomic mass is 16.3. The molecular formula is C12H24N2O4. The number of rotatable bonds is 7. The summed E-state index contributed by atoms with van der Waals surface area (Å²) in [6.07, 6.45) is -3.65. The number of hydrogen-bond acceptors (Lipinski definition) is 4. The molecule has 0 heterocycles. The fraction of sp³-hybridized carbons (Fsp3) is 0.833. The van der Waals surface area contributed by atoms with Gasteiger partial charge in [-0.1, -0.05) is 27.7 Å². The molecule has 0 aromatic carbocycles. The van der Waals surface area contributed by atoms with Crippen LogP contribution in [0.15, 0.2) is 0 Å². The van der Waals surface area contributed by atoms with E-state index < -0.39 is 24.0 Å². The van der Waals surface area contributed by atoms with E-state index in [1.807, 2.05) is 27.7 Å². The first-order valence-electron chi connectivity index (χ1n) is 6.11. The molecule has 0 radical (unpaired) electrons. The average molecular weight is 260 g/mol. The van der Waals surface area contributed by atoms with Gasteiger partial charge in [0.25, 0.3) is 5.91 Å². The molecule has 0 fully saturated rings. The van der Waals surface area contributed by atoms with E-state index in [4.69, 9.17) is 5.73 Å². The number of carbonyl (C=O) groups excluding carboxylic acids is 2. The number of carbonyl (C=O) groups is 2. The first kappa shape index (κ1) is 16.9. The van der Waals surface area contributed by atoms with E-state index in [1.54, 1.807) is 0 Å². The van der Waals surface area contributed by atoms with Crippen molar-refractivity contribution < 1.29 is 19.8 Å². The molecular weight excluding hydrogens is 236 g/mol. The van der Waals surface area contributed by atoms with E-state index >= 15 is 0 Å². The Bertz CT molecular complexity index is 282. The fourth-order valence-corrected chi connectivity index (χ4v) is 1.61. The summed E-state index contributed by atoms with van der Waals surface area (Å²) in [7, 11) is 0. The minimum absolute atomic E-state index is 0.227. The summed E-state index contributed by atoms with van der Waals surface area (Å²) in [6.45, 7) is 8.68. The van der Waals surface area contributed by atoms with Gasteiger partial charge in [-0.15, -0.1) is 0 Å². The summed E-state index contributed by atoms with van der Waals surface area (Å²) < 4.78 is 0. The van der Waals surface area contributed by atoms with Crippen LogP contribution in [0.5, 0.6) is 0 Å². The van der Waals surface area contributed by atoms with Gasteiger partial charge in [0.2, 0.25) is 5.91 Å². The minimum Gasteiger partial charge on any atom is -0.380 e. The summed E-state index contributed by atoms with van der Waals surface area (Å²) in [5.41, 5.74) is 4.86. The van der Waals surface area contributed by atoms with Crippen LogP contribution in [0, 0.1) is 11.8 Å². The molecule has 0 aliphatic rings. The van der Waals surface area contributed by atoms with Gasteiger partial charge < -0.3 is 20.8 Å². The topological polar surface area (TPSA) is 104 Å². The Balaban J connectivity index is 4.77. The lowest BCUT2D eigenvalue weighted by Gasteiger charge is -2.29. The van der Waals surface area contributed by atoms with Crippen LogP contribution in [0.4, 0.5) is 0 Å². The van der Waals surface area contributed by atoms with Crippen molar-refractivity contribution in [3.63, 3.8) is 0 Å². The molecule has 18 heavy (non-hydrogen) atoms. The molecule has 0 rings (SSSR count). The summed E-state index contributed by atoms with van der Waals surface area (Å²) in [5, 5.41) is 18.9. The van der Waals surface area contributed by atoms with Gasteiger partial charge in [-0.05, 0) is 11.8 Å². The van der Waals surface area contributed by atoms with Gasteiger partial charge in [0, 0.05) is 13.1 Å². The van der Waals surface area contributed by atoms with Gasteiger partial charge in [-0.25, -0.2) is 0 Å². The zero-order chi connectivity index (χ0) is 14.5. The lowest BCUT2D eigenvalue weighted by atomic mass is 10.1. The van der Waals surface area contributed by atoms with Gasteiger partial charge >= 0.3 is 0 Å². The van der Waals surface area contributed by atoms with Crippen LogP contribution in [-0.4, -0.2) is 52.2 Å². The molecule has 0 aromatic heterocycles. The van der Waals surface area contributed by atoms with Gasteiger partial charge in [-0.2, -0.15) is 0 Å². The molecule has 106 valence electrons. The van der Waals surface area contributed by atoms with Crippen LogP contribution in [-0.2, 0) is 9.59 Å². The molecule has 6 heteroatoms. The van der Waals surface area contributed by atoms with Crippen molar-refractivity contribution in [3.05, 3.63) is 0 Å². The number of aliphatic hydroxyl groups excluding tert-OH is 2. The van der Waals surface area contributed by atoms with Crippen molar-refractivity contribution in [3.8, 4) is 0 Å². The third kappa shape index (κ3) is 5.46. The van der Waals surface area contributed by atoms with Crippen LogP contribution >= 0.6 is 0 Å². The Morgan fingerprint density at radius 1 is 1.00 bits per heavy atom. The molecule has 6 nitrogen and oxygen atoms in total. The number of aliphatic hydroxyl groups is 2. The molecule has 0 saturated heterocycles. The summed E-state index contributed by atoms with van der Waals surface area (Å²) >= 11 is 0. The Labute approximate surface area is 108 Å². The standard InChI is InChI=1S/C12H24N2O4/c1-7(2)5-14(6-8(3)4)12(18)10(16)9(15)11(13)17/h7-10,15-16H,5-6H2,1-4H3,(H2,13,17). The smallest absolute Gasteiger partial charge is 0.254 e. The first-order valence-corrected chi connectivity index (χ1v) is 6.11. The van der Waals surface area contributed by atoms with Gasteiger partial charge in [0.05, 0.1) is 0 Å². The second kappa shape index (κ2) is 7.33. The predicted molar refractivity (Wildman–Crippen MR) is 67.5 cm³/mol. The normalized spacial score (nSPS) is 14.7. The fourth-order valence-electron chi connectivity index (χ4n) is 1.61. The van der Waals surface area contributed by atoms with Gasteiger partial charge in [0.1, 0.15) is 0 Å². The SMILES string of the molecule is CC(C)CN(CC(C)C)C(=O)C(O)C(O)C(N)=O. The number of primary amides is 1. The molecule has 0 aliphatic heterocycles. The maximum atomic E-state index is 12.0. The van der Waals surface area contributed by atoms with Gasteiger partial charge in [-0.3, -0.25) is 9.59 Å². The van der Waals surface area contributed by atoms with Crippen molar-refractivity contribution in [2.75, 3.05) is 13.1 Å². The predicted octanol–water partition coefficient (Wildman–Crippen LogP) is -0.666. The Kier molecular flexibility index (Phi) is 6.86. The Hall–Kier alpha value is -1.14. The molecule has 2 unspecified atom stereocenters. The van der Waals surface area contributed by atoms with Crippen LogP contribution in [0.2, 0.25) is 0 Å². The third-order valence-electron chi connectivity index (χ3n) is 2.33. The lowest BCUT2D eigenvalue weighted by Crippen LogP contribution is -2.51. The quantitative estimate of drug-likeness (QED) is 0.565. The van der Waals surface area contributed by atoms with Crippen molar-refractivity contribution in [2.24, 2.45) is 17.6 Å². The molecule has 0 aromatic rings. The molecule has 0 saturated carbocycles. The van der Waals surface area contributed by atoms with Crippen molar-refractivity contribution in [1.82, 2.24) is 4.90 Å². The van der Waals surface area contributed by atoms with Crippen LogP contribution in [0.3, 0.4) is 0 Å². The third-order valence-corrected chi connectivity index (χ3v) is 2.33. The van der Waals surface area contributed by atoms with Crippen molar-refractivity contribution in [1.29, 1.82) is 0 Å². The van der Waals surface area contributed by atoms with Crippen LogP contribution in [0.25, 0.3) is 0 Å². The summed E-state index contributed by atoms with van der Waals surface area (Å²) in [6, 6.07) is 0. The van der Waals surface area contributed by atoms with E-state index in [0.29, 0.717) is 13.1 Å². The second-order valence-electron chi connectivity index (χ2n) is 5.32. The molecule has 0 bridgehead atoms. The van der Waals surface area contributed by atoms with E-state index in [-0.39, 0.29) is 11.8 Å². The van der Waals surface area contributed by atoms with Gasteiger partial charge in [0.15, 0.2) is 12.2 Å². The average Bonchev–Trinajstić information content (AvgIpc) is 2.23. The zero-order valence-electron chi connectivity index (χ0n) is 11.5. The zero-order valence-corrected chi connectivity index (χ0v) is 11.5. The molecule has 2 atom stereocenters. The maximum absolute atomic E-state index is 12.0. The van der Waals surface area contributed by atoms with E-state index in [2.05, 4.69) is 0 Å². The van der Waals surface area contributed by atoms with E-state index in [1.165, 1.54) is 4.90 Å². The van der Waals surface area contributed by atoms with E-state index in [0.717, 1.165) is 0 Å². The van der Waals surface area contributed by atoms with Crippen LogP contribution in [0.1, 0.15) is 27.7 Å². The first-order chi connectivity index (χ1) is 8.16. The Morgan fingerprint density at radius 2 is 1.39 bits per heavy atom. The number of nitrogens with zero attached hydrogens (tertiary/aromatic N) is 1. The molecule has 0 aliphatic carbocycles. The van der Waals surface area contributed by atoms with Crippen molar-refractivity contribution in [2.45, 2.75) is 39.9 Å². The Morgan fingerprint density at radius 3 is 1.67 bits per heavy atom. The highest BCUT2D eigenvalue weighted by molar-refractivity contribution is 5.89. The number of hydrogen-bond donors (Lipinski definition) is 3. The number of nitrogens with two attached hydrogens (primary N) is 1. The lowest BCUT2D eigenvalue weighted by molar-refractivity contribution is -0.152. The summed E-state index contributed by atoms with van der Waals surface area (Å²) in [4.78, 5) is 24.2. The molecule has 0 spiro atoms. The largest absolute Gasteiger partial charge is 0.380 e. The molecule has 2 amide bonds.